The van der Waals surface area contributed by atoms with Gasteiger partial charge in [-0.25, -0.2) is 18.7 Å². The number of benzene rings is 1. The van der Waals surface area contributed by atoms with E-state index in [4.69, 9.17) is 10.6 Å². The highest BCUT2D eigenvalue weighted by Gasteiger charge is 2.31. The summed E-state index contributed by atoms with van der Waals surface area (Å²) >= 11 is 0. The second-order valence-corrected chi connectivity index (χ2v) is 5.26. The molecule has 11 heteroatoms. The summed E-state index contributed by atoms with van der Waals surface area (Å²) in [6.45, 7) is 1.28. The van der Waals surface area contributed by atoms with Crippen LogP contribution in [-0.2, 0) is 6.18 Å². The van der Waals surface area contributed by atoms with Gasteiger partial charge < -0.3 is 10.6 Å². The molecule has 2 aromatic rings. The van der Waals surface area contributed by atoms with Crippen LogP contribution in [0.4, 0.5) is 27.6 Å². The number of rotatable bonds is 6. The molecule has 0 saturated heterocycles. The number of alkyl halides is 5. The summed E-state index contributed by atoms with van der Waals surface area (Å²) in [6, 6.07) is 3.95. The first-order valence-electron chi connectivity index (χ1n) is 7.42. The monoisotopic (exact) mass is 387 g/mol. The lowest BCUT2D eigenvalue weighted by Gasteiger charge is -2.07. The average Bonchev–Trinajstić information content (AvgIpc) is 2.62. The normalized spacial score (nSPS) is 12.8. The Morgan fingerprint density at radius 2 is 1.93 bits per heavy atom. The number of hydrazone groups is 1. The van der Waals surface area contributed by atoms with Crippen LogP contribution in [0.15, 0.2) is 40.7 Å². The van der Waals surface area contributed by atoms with Crippen molar-refractivity contribution in [3.63, 3.8) is 0 Å². The van der Waals surface area contributed by atoms with Crippen LogP contribution in [0.25, 0.3) is 0 Å². The predicted molar refractivity (Wildman–Crippen MR) is 88.4 cm³/mol. The molecule has 0 fully saturated rings. The quantitative estimate of drug-likeness (QED) is 0.353. The molecule has 1 heterocycles. The van der Waals surface area contributed by atoms with Crippen molar-refractivity contribution in [2.24, 2.45) is 15.9 Å². The number of ether oxygens (including phenoxy) is 1. The van der Waals surface area contributed by atoms with Gasteiger partial charge in [-0.3, -0.25) is 4.99 Å². The van der Waals surface area contributed by atoms with Crippen molar-refractivity contribution < 1.29 is 26.7 Å². The van der Waals surface area contributed by atoms with E-state index >= 15 is 0 Å². The molecule has 0 spiro atoms. The van der Waals surface area contributed by atoms with Gasteiger partial charge in [0.1, 0.15) is 12.3 Å². The molecule has 0 aliphatic carbocycles. The minimum atomic E-state index is -4.56. The van der Waals surface area contributed by atoms with E-state index < -0.39 is 18.2 Å². The summed E-state index contributed by atoms with van der Waals surface area (Å²) in [6.07, 6.45) is -4.85. The van der Waals surface area contributed by atoms with E-state index in [1.165, 1.54) is 24.4 Å². The maximum atomic E-state index is 12.9. The van der Waals surface area contributed by atoms with Gasteiger partial charge in [-0.15, -0.1) is 0 Å². The van der Waals surface area contributed by atoms with Crippen molar-refractivity contribution in [3.8, 4) is 6.01 Å². The Bertz CT molecular complexity index is 834. The van der Waals surface area contributed by atoms with Crippen LogP contribution < -0.4 is 10.6 Å². The van der Waals surface area contributed by atoms with Crippen molar-refractivity contribution in [3.05, 3.63) is 47.3 Å². The summed E-state index contributed by atoms with van der Waals surface area (Å²) in [5, 5.41) is 3.41. The molecular formula is C16H14F5N5O. The maximum absolute atomic E-state index is 12.9. The summed E-state index contributed by atoms with van der Waals surface area (Å²) in [7, 11) is 0. The lowest BCUT2D eigenvalue weighted by molar-refractivity contribution is -0.138. The Morgan fingerprint density at radius 3 is 2.48 bits per heavy atom. The zero-order chi connectivity index (χ0) is 20.0. The third kappa shape index (κ3) is 5.69. The summed E-state index contributed by atoms with van der Waals surface area (Å²) in [5.74, 6) is 5.19. The fourth-order valence-corrected chi connectivity index (χ4v) is 1.88. The Labute approximate surface area is 150 Å². The minimum Gasteiger partial charge on any atom is -0.457 e. The molecule has 2 rings (SSSR count). The molecule has 27 heavy (non-hydrogen) atoms. The largest absolute Gasteiger partial charge is 0.457 e. The second-order valence-electron chi connectivity index (χ2n) is 5.26. The third-order valence-electron chi connectivity index (χ3n) is 3.33. The zero-order valence-electron chi connectivity index (χ0n) is 13.9. The summed E-state index contributed by atoms with van der Waals surface area (Å²) < 4.78 is 68.1. The molecule has 6 nitrogen and oxygen atoms in total. The molecular weight excluding hydrogens is 373 g/mol. The van der Waals surface area contributed by atoms with Gasteiger partial charge in [0.15, 0.2) is 0 Å². The fourth-order valence-electron chi connectivity index (χ4n) is 1.88. The van der Waals surface area contributed by atoms with E-state index in [0.29, 0.717) is 18.0 Å². The Morgan fingerprint density at radius 1 is 1.26 bits per heavy atom. The predicted octanol–water partition coefficient (Wildman–Crippen LogP) is 3.84. The van der Waals surface area contributed by atoms with Crippen LogP contribution in [0.5, 0.6) is 6.01 Å². The molecule has 1 aromatic carbocycles. The van der Waals surface area contributed by atoms with E-state index in [9.17, 15) is 22.0 Å². The van der Waals surface area contributed by atoms with E-state index in [-0.39, 0.29) is 29.6 Å². The topological polar surface area (TPSA) is 85.8 Å². The molecule has 2 N–H and O–H groups in total. The standard InChI is InChI=1S/C16H14F5N5O/c1-9-2-3-11(4-13(9)14(17)18)23-7-12(26-22)8-27-15-24-5-10(6-25-15)16(19,20)21/h2-7,14H,8,22H2,1H3. The van der Waals surface area contributed by atoms with Crippen molar-refractivity contribution in [2.45, 2.75) is 19.5 Å². The number of aliphatic imine (C=N–C) groups is 1. The number of nitrogens with two attached hydrogens (primary N) is 1. The summed E-state index contributed by atoms with van der Waals surface area (Å²) in [4.78, 5) is 10.8. The minimum absolute atomic E-state index is 0.0951. The van der Waals surface area contributed by atoms with Crippen LogP contribution in [-0.4, -0.2) is 28.5 Å². The highest BCUT2D eigenvalue weighted by Crippen LogP contribution is 2.28. The van der Waals surface area contributed by atoms with Gasteiger partial charge in [0, 0.05) is 18.0 Å². The van der Waals surface area contributed by atoms with Gasteiger partial charge in [0.05, 0.1) is 17.5 Å². The van der Waals surface area contributed by atoms with Crippen LogP contribution in [0.3, 0.4) is 0 Å². The number of hydrogen-bond donors (Lipinski definition) is 1. The first-order chi connectivity index (χ1) is 12.7. The van der Waals surface area contributed by atoms with Gasteiger partial charge >= 0.3 is 12.2 Å². The molecule has 0 amide bonds. The third-order valence-corrected chi connectivity index (χ3v) is 3.33. The number of aryl methyl sites for hydroxylation is 1. The zero-order valence-corrected chi connectivity index (χ0v) is 13.9. The molecule has 144 valence electrons. The second kappa shape index (κ2) is 8.52. The van der Waals surface area contributed by atoms with Gasteiger partial charge in [0.25, 0.3) is 6.43 Å². The van der Waals surface area contributed by atoms with Crippen molar-refractivity contribution >= 4 is 17.6 Å². The van der Waals surface area contributed by atoms with Gasteiger partial charge in [0.2, 0.25) is 0 Å². The number of hydrogen-bond acceptors (Lipinski definition) is 6. The van der Waals surface area contributed by atoms with Crippen molar-refractivity contribution in [2.75, 3.05) is 6.61 Å². The van der Waals surface area contributed by atoms with Crippen LogP contribution >= 0.6 is 0 Å². The average molecular weight is 387 g/mol. The number of aromatic nitrogens is 2. The van der Waals surface area contributed by atoms with Crippen LogP contribution in [0.2, 0.25) is 0 Å². The molecule has 0 radical (unpaired) electrons. The lowest BCUT2D eigenvalue weighted by atomic mass is 10.1. The van der Waals surface area contributed by atoms with Crippen molar-refractivity contribution in [1.82, 2.24) is 9.97 Å². The van der Waals surface area contributed by atoms with Gasteiger partial charge in [-0.1, -0.05) is 6.07 Å². The van der Waals surface area contributed by atoms with E-state index in [1.807, 2.05) is 0 Å². The van der Waals surface area contributed by atoms with Crippen LogP contribution in [0, 0.1) is 6.92 Å². The molecule has 0 aliphatic rings. The molecule has 0 bridgehead atoms. The number of nitrogens with zero attached hydrogens (tertiary/aromatic N) is 4. The first-order valence-corrected chi connectivity index (χ1v) is 7.42. The maximum Gasteiger partial charge on any atom is 0.419 e. The highest BCUT2D eigenvalue weighted by molar-refractivity contribution is 6.31. The molecule has 1 aromatic heterocycles. The molecule has 0 saturated carbocycles. The van der Waals surface area contributed by atoms with E-state index in [0.717, 1.165) is 0 Å². The fraction of sp³-hybridized carbons (Fsp3) is 0.250. The lowest BCUT2D eigenvalue weighted by Crippen LogP contribution is -2.16. The molecule has 0 aliphatic heterocycles. The Balaban J connectivity index is 2.02. The SMILES string of the molecule is Cc1ccc(N=CC(COc2ncc(C(F)(F)F)cn2)=NN)cc1C(F)F. The number of halogens is 5. The summed E-state index contributed by atoms with van der Waals surface area (Å²) in [5.41, 5.74) is -0.386. The Hall–Kier alpha value is -3.11. The first kappa shape index (κ1) is 20.2. The van der Waals surface area contributed by atoms with Crippen molar-refractivity contribution in [1.29, 1.82) is 0 Å². The molecule has 0 unspecified atom stereocenters. The molecule has 0 atom stereocenters. The van der Waals surface area contributed by atoms with E-state index in [2.05, 4.69) is 20.1 Å². The van der Waals surface area contributed by atoms with Gasteiger partial charge in [-0.05, 0) is 24.6 Å². The smallest absolute Gasteiger partial charge is 0.419 e. The Kier molecular flexibility index (Phi) is 6.37. The van der Waals surface area contributed by atoms with Gasteiger partial charge in [-0.2, -0.15) is 18.3 Å². The van der Waals surface area contributed by atoms with E-state index in [1.54, 1.807) is 6.92 Å². The van der Waals surface area contributed by atoms with Crippen LogP contribution in [0.1, 0.15) is 23.1 Å². The highest BCUT2D eigenvalue weighted by atomic mass is 19.4.